The quantitative estimate of drug-likeness (QED) is 0.676. The van der Waals surface area contributed by atoms with Crippen LogP contribution in [0.2, 0.25) is 0 Å². The van der Waals surface area contributed by atoms with E-state index in [1.165, 1.54) is 35.4 Å². The highest BCUT2D eigenvalue weighted by atomic mass is 19.1. The number of nitrogens with zero attached hydrogens (tertiary/aromatic N) is 2. The first kappa shape index (κ1) is 18.3. The molecule has 30 heavy (non-hydrogen) atoms. The molecule has 0 radical (unpaired) electrons. The van der Waals surface area contributed by atoms with Gasteiger partial charge in [-0.15, -0.1) is 0 Å². The molecule has 1 N–H and O–H groups in total. The molecule has 0 bridgehead atoms. The molecule has 0 saturated carbocycles. The van der Waals surface area contributed by atoms with Crippen LogP contribution < -0.4 is 9.96 Å². The Hall–Kier alpha value is -3.71. The van der Waals surface area contributed by atoms with Crippen molar-refractivity contribution >= 4 is 23.2 Å². The van der Waals surface area contributed by atoms with E-state index < -0.39 is 35.7 Å². The predicted octanol–water partition coefficient (Wildman–Crippen LogP) is 3.58. The lowest BCUT2D eigenvalue weighted by atomic mass is 9.90. The Bertz CT molecular complexity index is 1120. The number of hydroxylamine groups is 1. The Morgan fingerprint density at radius 2 is 1.47 bits per heavy atom. The molecular weight excluding hydrogens is 387 g/mol. The summed E-state index contributed by atoms with van der Waals surface area (Å²) in [5, 5.41) is 12.0. The number of fused-ring (bicyclic) bond motifs is 1. The number of imide groups is 1. The maximum Gasteiger partial charge on any atom is 0.266 e. The number of halogens is 1. The van der Waals surface area contributed by atoms with Crippen molar-refractivity contribution in [1.29, 1.82) is 0 Å². The van der Waals surface area contributed by atoms with Gasteiger partial charge >= 0.3 is 0 Å². The van der Waals surface area contributed by atoms with Crippen molar-refractivity contribution in [3.05, 3.63) is 90.2 Å². The Kier molecular flexibility index (Phi) is 4.25. The molecular formula is C23H17FN2O4. The molecule has 0 aromatic heterocycles. The maximum absolute atomic E-state index is 13.4. The minimum absolute atomic E-state index is 0.00756. The highest BCUT2D eigenvalue weighted by molar-refractivity contribution is 6.23. The Morgan fingerprint density at radius 3 is 2.17 bits per heavy atom. The van der Waals surface area contributed by atoms with Crippen molar-refractivity contribution in [2.45, 2.75) is 12.1 Å². The molecule has 2 heterocycles. The molecule has 5 rings (SSSR count). The van der Waals surface area contributed by atoms with Gasteiger partial charge in [0.05, 0.1) is 17.4 Å². The number of benzene rings is 3. The van der Waals surface area contributed by atoms with Gasteiger partial charge < -0.3 is 5.11 Å². The molecule has 6 nitrogen and oxygen atoms in total. The normalized spacial score (nSPS) is 23.2. The minimum atomic E-state index is -1.05. The van der Waals surface area contributed by atoms with Gasteiger partial charge in [0.2, 0.25) is 5.91 Å². The molecule has 0 aliphatic carbocycles. The van der Waals surface area contributed by atoms with Crippen LogP contribution in [0.4, 0.5) is 15.8 Å². The molecule has 2 saturated heterocycles. The summed E-state index contributed by atoms with van der Waals surface area (Å²) in [5.74, 6) is -2.29. The number of phenolic OH excluding ortho intramolecular Hbond substituents is 1. The average Bonchev–Trinajstić information content (AvgIpc) is 3.26. The topological polar surface area (TPSA) is 70.1 Å². The average molecular weight is 404 g/mol. The molecule has 3 atom stereocenters. The van der Waals surface area contributed by atoms with Crippen molar-refractivity contribution in [2.24, 2.45) is 5.92 Å². The van der Waals surface area contributed by atoms with Gasteiger partial charge in [-0.1, -0.05) is 36.4 Å². The van der Waals surface area contributed by atoms with Crippen LogP contribution >= 0.6 is 0 Å². The summed E-state index contributed by atoms with van der Waals surface area (Å²) in [5.41, 5.74) is 1.43. The molecule has 2 fully saturated rings. The van der Waals surface area contributed by atoms with E-state index in [0.717, 1.165) is 4.90 Å². The lowest BCUT2D eigenvalue weighted by Gasteiger charge is -2.29. The van der Waals surface area contributed by atoms with Gasteiger partial charge in [0.25, 0.3) is 5.91 Å². The van der Waals surface area contributed by atoms with Gasteiger partial charge in [0.15, 0.2) is 6.10 Å². The van der Waals surface area contributed by atoms with Gasteiger partial charge in [0, 0.05) is 5.56 Å². The van der Waals surface area contributed by atoms with Crippen LogP contribution in [0.3, 0.4) is 0 Å². The molecule has 3 aromatic carbocycles. The van der Waals surface area contributed by atoms with Gasteiger partial charge in [0.1, 0.15) is 17.5 Å². The van der Waals surface area contributed by atoms with E-state index in [2.05, 4.69) is 0 Å². The first-order valence-corrected chi connectivity index (χ1v) is 9.48. The number of para-hydroxylation sites is 2. The van der Waals surface area contributed by atoms with Crippen molar-refractivity contribution in [2.75, 3.05) is 9.96 Å². The third-order valence-corrected chi connectivity index (χ3v) is 5.47. The first-order valence-electron chi connectivity index (χ1n) is 9.48. The number of aromatic hydroxyl groups is 1. The van der Waals surface area contributed by atoms with Crippen molar-refractivity contribution in [3.63, 3.8) is 0 Å². The molecule has 0 unspecified atom stereocenters. The zero-order chi connectivity index (χ0) is 20.8. The van der Waals surface area contributed by atoms with Crippen molar-refractivity contribution in [1.82, 2.24) is 0 Å². The van der Waals surface area contributed by atoms with Gasteiger partial charge in [-0.3, -0.25) is 14.4 Å². The summed E-state index contributed by atoms with van der Waals surface area (Å²) in [6.07, 6.45) is -1.05. The first-order chi connectivity index (χ1) is 14.6. The zero-order valence-corrected chi connectivity index (χ0v) is 15.7. The number of rotatable bonds is 3. The summed E-state index contributed by atoms with van der Waals surface area (Å²) < 4.78 is 13.3. The standard InChI is InChI=1S/C23H17FN2O4/c24-14-10-12-15(13-11-14)25-22(28)19-20(17-8-4-5-9-18(17)27)26(30-21(19)23(25)29)16-6-2-1-3-7-16/h1-13,19-21,27H/t19-,20-,21+/m0/s1. The number of phenols is 1. The van der Waals surface area contributed by atoms with Crippen LogP contribution in [0, 0.1) is 11.7 Å². The van der Waals surface area contributed by atoms with Crippen molar-refractivity contribution < 1.29 is 23.9 Å². The van der Waals surface area contributed by atoms with Crippen LogP contribution in [-0.4, -0.2) is 23.0 Å². The lowest BCUT2D eigenvalue weighted by Crippen LogP contribution is -2.37. The van der Waals surface area contributed by atoms with Crippen LogP contribution in [0.1, 0.15) is 11.6 Å². The van der Waals surface area contributed by atoms with Gasteiger partial charge in [-0.25, -0.2) is 14.4 Å². The summed E-state index contributed by atoms with van der Waals surface area (Å²) in [4.78, 5) is 33.5. The molecule has 3 aromatic rings. The summed E-state index contributed by atoms with van der Waals surface area (Å²) >= 11 is 0. The van der Waals surface area contributed by atoms with E-state index in [1.54, 1.807) is 30.3 Å². The second-order valence-electron chi connectivity index (χ2n) is 7.21. The lowest BCUT2D eigenvalue weighted by molar-refractivity contribution is -0.126. The van der Waals surface area contributed by atoms with E-state index in [9.17, 15) is 19.1 Å². The second-order valence-corrected chi connectivity index (χ2v) is 7.21. The summed E-state index contributed by atoms with van der Waals surface area (Å²) in [6, 6.07) is 20.2. The molecule has 2 amide bonds. The highest BCUT2D eigenvalue weighted by Gasteiger charge is 2.60. The Morgan fingerprint density at radius 1 is 0.800 bits per heavy atom. The molecule has 150 valence electrons. The SMILES string of the molecule is O=C1[C@@H]2[C@@H](ON(c3ccccc3)[C@H]2c2ccccc2O)C(=O)N1c1ccc(F)cc1. The van der Waals surface area contributed by atoms with Crippen LogP contribution in [0.15, 0.2) is 78.9 Å². The molecule has 7 heteroatoms. The maximum atomic E-state index is 13.4. The van der Waals surface area contributed by atoms with E-state index in [0.29, 0.717) is 11.3 Å². The van der Waals surface area contributed by atoms with E-state index in [1.807, 2.05) is 18.2 Å². The fourth-order valence-electron chi connectivity index (χ4n) is 4.11. The number of hydrogen-bond acceptors (Lipinski definition) is 5. The number of carbonyl (C=O) groups excluding carboxylic acids is 2. The number of carbonyl (C=O) groups is 2. The predicted molar refractivity (Wildman–Crippen MR) is 107 cm³/mol. The molecule has 2 aliphatic rings. The smallest absolute Gasteiger partial charge is 0.266 e. The third-order valence-electron chi connectivity index (χ3n) is 5.47. The largest absolute Gasteiger partial charge is 0.508 e. The summed E-state index contributed by atoms with van der Waals surface area (Å²) in [6.45, 7) is 0. The highest BCUT2D eigenvalue weighted by Crippen LogP contribution is 2.49. The Labute approximate surface area is 171 Å². The van der Waals surface area contributed by atoms with Gasteiger partial charge in [-0.2, -0.15) is 0 Å². The van der Waals surface area contributed by atoms with Crippen molar-refractivity contribution in [3.8, 4) is 5.75 Å². The summed E-state index contributed by atoms with van der Waals surface area (Å²) in [7, 11) is 0. The monoisotopic (exact) mass is 404 g/mol. The van der Waals surface area contributed by atoms with Crippen LogP contribution in [-0.2, 0) is 14.4 Å². The fourth-order valence-corrected chi connectivity index (χ4v) is 4.11. The number of hydrogen-bond donors (Lipinski definition) is 1. The van der Waals surface area contributed by atoms with E-state index in [-0.39, 0.29) is 11.4 Å². The van der Waals surface area contributed by atoms with E-state index in [4.69, 9.17) is 4.84 Å². The number of anilines is 2. The zero-order valence-electron chi connectivity index (χ0n) is 15.7. The van der Waals surface area contributed by atoms with Crippen LogP contribution in [0.5, 0.6) is 5.75 Å². The second kappa shape index (κ2) is 6.96. The van der Waals surface area contributed by atoms with Gasteiger partial charge in [-0.05, 0) is 42.5 Å². The third kappa shape index (κ3) is 2.74. The number of amides is 2. The fraction of sp³-hybridized carbons (Fsp3) is 0.130. The van der Waals surface area contributed by atoms with Crippen LogP contribution in [0.25, 0.3) is 0 Å². The molecule has 2 aliphatic heterocycles. The van der Waals surface area contributed by atoms with E-state index >= 15 is 0 Å². The Balaban J connectivity index is 1.60. The molecule has 0 spiro atoms. The minimum Gasteiger partial charge on any atom is -0.508 e.